The van der Waals surface area contributed by atoms with E-state index in [4.69, 9.17) is 0 Å². The molecule has 3 nitrogen and oxygen atoms in total. The number of carboxylic acid groups (broad SMARTS) is 1. The van der Waals surface area contributed by atoms with Crippen molar-refractivity contribution in [2.45, 2.75) is 89.5 Å². The monoisotopic (exact) mass is 269 g/mol. The molecular formula is C16H31NO2. The Labute approximate surface area is 118 Å². The van der Waals surface area contributed by atoms with Gasteiger partial charge in [0, 0.05) is 5.54 Å². The van der Waals surface area contributed by atoms with Crippen LogP contribution in [0.25, 0.3) is 0 Å². The lowest BCUT2D eigenvalue weighted by molar-refractivity contribution is -0.139. The first-order valence-corrected chi connectivity index (χ1v) is 8.15. The molecule has 0 aromatic rings. The molecule has 19 heavy (non-hydrogen) atoms. The summed E-state index contributed by atoms with van der Waals surface area (Å²) in [6.07, 6.45) is 13.9. The minimum absolute atomic E-state index is 0.153. The second-order valence-electron chi connectivity index (χ2n) is 6.06. The average molecular weight is 269 g/mol. The van der Waals surface area contributed by atoms with Gasteiger partial charge in [-0.15, -0.1) is 0 Å². The summed E-state index contributed by atoms with van der Waals surface area (Å²) in [4.78, 5) is 11.2. The Kier molecular flexibility index (Phi) is 8.11. The van der Waals surface area contributed by atoms with Crippen LogP contribution in [-0.2, 0) is 4.79 Å². The van der Waals surface area contributed by atoms with Crippen molar-refractivity contribution in [3.05, 3.63) is 0 Å². The van der Waals surface area contributed by atoms with Crippen LogP contribution in [0.1, 0.15) is 84.0 Å². The summed E-state index contributed by atoms with van der Waals surface area (Å²) in [5.41, 5.74) is -0.153. The van der Waals surface area contributed by atoms with Crippen molar-refractivity contribution in [1.29, 1.82) is 0 Å². The van der Waals surface area contributed by atoms with E-state index in [1.807, 2.05) is 0 Å². The normalized spacial score (nSPS) is 22.2. The van der Waals surface area contributed by atoms with Crippen molar-refractivity contribution in [2.24, 2.45) is 0 Å². The smallest absolute Gasteiger partial charge is 0.305 e. The van der Waals surface area contributed by atoms with Gasteiger partial charge >= 0.3 is 5.97 Å². The molecule has 1 aliphatic rings. The van der Waals surface area contributed by atoms with Gasteiger partial charge in [-0.25, -0.2) is 0 Å². The summed E-state index contributed by atoms with van der Waals surface area (Å²) in [6.45, 7) is 2.95. The molecule has 0 aromatic heterocycles. The summed E-state index contributed by atoms with van der Waals surface area (Å²) in [5, 5.41) is 12.7. The van der Waals surface area contributed by atoms with Crippen LogP contribution >= 0.6 is 0 Å². The van der Waals surface area contributed by atoms with Crippen LogP contribution in [0.15, 0.2) is 0 Å². The standard InChI is InChI=1S/C16H31NO2/c1-2-17-16(14-15(18)19)12-10-8-6-4-3-5-7-9-11-13-16/h17H,2-14H2,1H3,(H,18,19). The van der Waals surface area contributed by atoms with Gasteiger partial charge in [0.25, 0.3) is 0 Å². The van der Waals surface area contributed by atoms with E-state index >= 15 is 0 Å². The van der Waals surface area contributed by atoms with Gasteiger partial charge in [0.1, 0.15) is 0 Å². The third kappa shape index (κ3) is 6.95. The molecular weight excluding hydrogens is 238 g/mol. The van der Waals surface area contributed by atoms with Crippen LogP contribution in [0.4, 0.5) is 0 Å². The third-order valence-corrected chi connectivity index (χ3v) is 4.35. The van der Waals surface area contributed by atoms with Gasteiger partial charge < -0.3 is 10.4 Å². The summed E-state index contributed by atoms with van der Waals surface area (Å²) in [7, 11) is 0. The first kappa shape index (κ1) is 16.5. The quantitative estimate of drug-likeness (QED) is 0.807. The molecule has 0 atom stereocenters. The van der Waals surface area contributed by atoms with Crippen molar-refractivity contribution in [3.63, 3.8) is 0 Å². The molecule has 0 saturated heterocycles. The number of aliphatic carboxylic acids is 1. The molecule has 1 saturated carbocycles. The summed E-state index contributed by atoms with van der Waals surface area (Å²) in [5.74, 6) is -0.659. The minimum Gasteiger partial charge on any atom is -0.481 e. The molecule has 3 heteroatoms. The fourth-order valence-electron chi connectivity index (χ4n) is 3.37. The SMILES string of the molecule is CCNC1(CC(=O)O)CCCCCCCCCCC1. The maximum atomic E-state index is 11.2. The molecule has 1 aliphatic carbocycles. The highest BCUT2D eigenvalue weighted by molar-refractivity contribution is 5.68. The Morgan fingerprint density at radius 3 is 1.74 bits per heavy atom. The van der Waals surface area contributed by atoms with E-state index in [1.165, 1.54) is 57.8 Å². The zero-order chi connectivity index (χ0) is 14.0. The Balaban J connectivity index is 2.60. The number of hydrogen-bond acceptors (Lipinski definition) is 2. The Morgan fingerprint density at radius 1 is 0.947 bits per heavy atom. The van der Waals surface area contributed by atoms with Gasteiger partial charge in [-0.3, -0.25) is 4.79 Å². The molecule has 1 fully saturated rings. The van der Waals surface area contributed by atoms with Crippen LogP contribution in [0.3, 0.4) is 0 Å². The number of hydrogen-bond donors (Lipinski definition) is 2. The van der Waals surface area contributed by atoms with Gasteiger partial charge in [0.2, 0.25) is 0 Å². The van der Waals surface area contributed by atoms with Crippen LogP contribution in [0.5, 0.6) is 0 Å². The lowest BCUT2D eigenvalue weighted by Crippen LogP contribution is -2.47. The lowest BCUT2D eigenvalue weighted by Gasteiger charge is -2.34. The second kappa shape index (κ2) is 9.35. The van der Waals surface area contributed by atoms with E-state index in [1.54, 1.807) is 0 Å². The molecule has 2 N–H and O–H groups in total. The predicted molar refractivity (Wildman–Crippen MR) is 79.4 cm³/mol. The zero-order valence-electron chi connectivity index (χ0n) is 12.5. The molecule has 0 amide bonds. The van der Waals surface area contributed by atoms with Gasteiger partial charge in [-0.2, -0.15) is 0 Å². The van der Waals surface area contributed by atoms with Crippen LogP contribution in [0, 0.1) is 0 Å². The number of nitrogens with one attached hydrogen (secondary N) is 1. The molecule has 0 aliphatic heterocycles. The minimum atomic E-state index is -0.659. The fourth-order valence-corrected chi connectivity index (χ4v) is 3.37. The molecule has 112 valence electrons. The van der Waals surface area contributed by atoms with E-state index in [0.29, 0.717) is 0 Å². The van der Waals surface area contributed by atoms with Crippen molar-refractivity contribution < 1.29 is 9.90 Å². The van der Waals surface area contributed by atoms with E-state index < -0.39 is 5.97 Å². The molecule has 0 spiro atoms. The van der Waals surface area contributed by atoms with E-state index in [0.717, 1.165) is 19.4 Å². The maximum absolute atomic E-state index is 11.2. The van der Waals surface area contributed by atoms with Crippen molar-refractivity contribution >= 4 is 5.97 Å². The second-order valence-corrected chi connectivity index (χ2v) is 6.06. The number of carboxylic acids is 1. The first-order chi connectivity index (χ1) is 9.18. The molecule has 0 bridgehead atoms. The van der Waals surface area contributed by atoms with Gasteiger partial charge in [0.05, 0.1) is 6.42 Å². The molecule has 0 unspecified atom stereocenters. The highest BCUT2D eigenvalue weighted by atomic mass is 16.4. The summed E-state index contributed by atoms with van der Waals surface area (Å²) in [6, 6.07) is 0. The van der Waals surface area contributed by atoms with E-state index in [9.17, 15) is 9.90 Å². The molecule has 1 rings (SSSR count). The van der Waals surface area contributed by atoms with Crippen LogP contribution in [-0.4, -0.2) is 23.2 Å². The van der Waals surface area contributed by atoms with Crippen molar-refractivity contribution in [2.75, 3.05) is 6.54 Å². The van der Waals surface area contributed by atoms with E-state index in [2.05, 4.69) is 12.2 Å². The molecule has 0 radical (unpaired) electrons. The highest BCUT2D eigenvalue weighted by Crippen LogP contribution is 2.27. The number of rotatable bonds is 4. The predicted octanol–water partition coefficient (Wildman–Crippen LogP) is 4.11. The fraction of sp³-hybridized carbons (Fsp3) is 0.938. The summed E-state index contributed by atoms with van der Waals surface area (Å²) < 4.78 is 0. The summed E-state index contributed by atoms with van der Waals surface area (Å²) >= 11 is 0. The zero-order valence-corrected chi connectivity index (χ0v) is 12.5. The first-order valence-electron chi connectivity index (χ1n) is 8.15. The van der Waals surface area contributed by atoms with Gasteiger partial charge in [0.15, 0.2) is 0 Å². The van der Waals surface area contributed by atoms with Crippen molar-refractivity contribution in [1.82, 2.24) is 5.32 Å². The highest BCUT2D eigenvalue weighted by Gasteiger charge is 2.30. The lowest BCUT2D eigenvalue weighted by atomic mass is 9.83. The molecule has 0 aromatic carbocycles. The average Bonchev–Trinajstić information content (AvgIpc) is 2.33. The van der Waals surface area contributed by atoms with Gasteiger partial charge in [-0.05, 0) is 19.4 Å². The Hall–Kier alpha value is -0.570. The van der Waals surface area contributed by atoms with Crippen molar-refractivity contribution in [3.8, 4) is 0 Å². The molecule has 0 heterocycles. The maximum Gasteiger partial charge on any atom is 0.305 e. The number of carbonyl (C=O) groups is 1. The Bertz CT molecular complexity index is 241. The Morgan fingerprint density at radius 2 is 1.37 bits per heavy atom. The largest absolute Gasteiger partial charge is 0.481 e. The third-order valence-electron chi connectivity index (χ3n) is 4.35. The van der Waals surface area contributed by atoms with Gasteiger partial charge in [-0.1, -0.05) is 64.7 Å². The topological polar surface area (TPSA) is 49.3 Å². The van der Waals surface area contributed by atoms with E-state index in [-0.39, 0.29) is 12.0 Å². The van der Waals surface area contributed by atoms with Crippen LogP contribution < -0.4 is 5.32 Å². The van der Waals surface area contributed by atoms with Crippen LogP contribution in [0.2, 0.25) is 0 Å².